The molecule has 0 aromatic carbocycles. The van der Waals surface area contributed by atoms with Crippen molar-refractivity contribution < 1.29 is 24.2 Å². The zero-order valence-corrected chi connectivity index (χ0v) is 15.6. The number of carboxylic acids is 1. The Morgan fingerprint density at radius 1 is 1.19 bits per heavy atom. The van der Waals surface area contributed by atoms with Crippen LogP contribution in [0.15, 0.2) is 12.2 Å². The summed E-state index contributed by atoms with van der Waals surface area (Å²) in [5.41, 5.74) is 1.44. The summed E-state index contributed by atoms with van der Waals surface area (Å²) in [6.45, 7) is 2.02. The van der Waals surface area contributed by atoms with Crippen LogP contribution in [0.25, 0.3) is 0 Å². The van der Waals surface area contributed by atoms with Crippen LogP contribution in [0.5, 0.6) is 0 Å². The first-order valence-corrected chi connectivity index (χ1v) is 9.84. The number of thiophene rings is 1. The number of allylic oxidation sites excluding steroid dienone is 2. The molecule has 2 aliphatic carbocycles. The largest absolute Gasteiger partial charge is 0.481 e. The molecule has 26 heavy (non-hydrogen) atoms. The third kappa shape index (κ3) is 3.67. The number of aryl methyl sites for hydroxylation is 1. The van der Waals surface area contributed by atoms with Crippen LogP contribution in [0, 0.1) is 11.8 Å². The van der Waals surface area contributed by atoms with Crippen molar-refractivity contribution in [2.24, 2.45) is 11.8 Å². The lowest BCUT2D eigenvalue weighted by Crippen LogP contribution is -2.34. The van der Waals surface area contributed by atoms with Crippen molar-refractivity contribution in [2.45, 2.75) is 45.4 Å². The highest BCUT2D eigenvalue weighted by atomic mass is 32.1. The number of hydrogen-bond donors (Lipinski definition) is 2. The van der Waals surface area contributed by atoms with E-state index in [0.717, 1.165) is 36.1 Å². The van der Waals surface area contributed by atoms with Crippen LogP contribution in [-0.4, -0.2) is 29.6 Å². The molecule has 1 amide bonds. The fourth-order valence-electron chi connectivity index (χ4n) is 3.65. The van der Waals surface area contributed by atoms with Crippen molar-refractivity contribution in [1.29, 1.82) is 0 Å². The van der Waals surface area contributed by atoms with Gasteiger partial charge in [-0.3, -0.25) is 9.59 Å². The van der Waals surface area contributed by atoms with Gasteiger partial charge in [-0.25, -0.2) is 4.79 Å². The second-order valence-electron chi connectivity index (χ2n) is 6.62. The highest BCUT2D eigenvalue weighted by Gasteiger charge is 2.35. The van der Waals surface area contributed by atoms with Gasteiger partial charge in [0.2, 0.25) is 5.91 Å². The summed E-state index contributed by atoms with van der Waals surface area (Å²) in [5.74, 6) is -3.09. The summed E-state index contributed by atoms with van der Waals surface area (Å²) in [5, 5.41) is 12.7. The van der Waals surface area contributed by atoms with E-state index in [1.807, 2.05) is 6.08 Å². The van der Waals surface area contributed by atoms with E-state index in [1.54, 1.807) is 13.0 Å². The number of nitrogens with one attached hydrogen (secondary N) is 1. The van der Waals surface area contributed by atoms with Crippen molar-refractivity contribution in [2.75, 3.05) is 11.9 Å². The minimum absolute atomic E-state index is 0.269. The van der Waals surface area contributed by atoms with Gasteiger partial charge in [0.25, 0.3) is 0 Å². The number of carbonyl (C=O) groups excluding carboxylic acids is 2. The molecule has 2 atom stereocenters. The topological polar surface area (TPSA) is 92.7 Å². The molecule has 2 N–H and O–H groups in total. The van der Waals surface area contributed by atoms with Crippen molar-refractivity contribution >= 4 is 34.2 Å². The van der Waals surface area contributed by atoms with Gasteiger partial charge in [-0.1, -0.05) is 12.2 Å². The van der Waals surface area contributed by atoms with Crippen LogP contribution in [0.4, 0.5) is 5.00 Å². The van der Waals surface area contributed by atoms with Crippen molar-refractivity contribution in [3.63, 3.8) is 0 Å². The normalized spacial score (nSPS) is 21.7. The van der Waals surface area contributed by atoms with Gasteiger partial charge in [-0.05, 0) is 51.0 Å². The van der Waals surface area contributed by atoms with Gasteiger partial charge in [0.1, 0.15) is 5.00 Å². The minimum atomic E-state index is -0.967. The second kappa shape index (κ2) is 8.03. The van der Waals surface area contributed by atoms with E-state index >= 15 is 0 Å². The first kappa shape index (κ1) is 18.6. The molecule has 1 aromatic rings. The monoisotopic (exact) mass is 377 g/mol. The zero-order valence-electron chi connectivity index (χ0n) is 14.7. The lowest BCUT2D eigenvalue weighted by Gasteiger charge is -2.24. The van der Waals surface area contributed by atoms with Crippen molar-refractivity contribution in [1.82, 2.24) is 0 Å². The molecule has 1 aromatic heterocycles. The summed E-state index contributed by atoms with van der Waals surface area (Å²) in [6, 6.07) is 0. The van der Waals surface area contributed by atoms with Crippen LogP contribution >= 0.6 is 11.3 Å². The minimum Gasteiger partial charge on any atom is -0.481 e. The lowest BCUT2D eigenvalue weighted by molar-refractivity contribution is -0.146. The molecule has 2 aliphatic rings. The number of carbonyl (C=O) groups is 3. The van der Waals surface area contributed by atoms with Gasteiger partial charge >= 0.3 is 11.9 Å². The standard InChI is InChI=1S/C19H23NO5S/c1-2-25-19(24)15-13-9-5-6-10-14(13)26-17(15)20-16(21)11-7-3-4-8-12(11)18(22)23/h3-4,11-12H,2,5-10H2,1H3,(H,20,21)(H,22,23). The molecule has 0 radical (unpaired) electrons. The van der Waals surface area contributed by atoms with Crippen molar-refractivity contribution in [3.8, 4) is 0 Å². The van der Waals surface area contributed by atoms with E-state index in [-0.39, 0.29) is 12.5 Å². The molecular weight excluding hydrogens is 354 g/mol. The van der Waals surface area contributed by atoms with Gasteiger partial charge in [0.15, 0.2) is 0 Å². The summed E-state index contributed by atoms with van der Waals surface area (Å²) in [6.07, 6.45) is 8.16. The van der Waals surface area contributed by atoms with E-state index in [9.17, 15) is 19.5 Å². The smallest absolute Gasteiger partial charge is 0.341 e. The highest BCUT2D eigenvalue weighted by Crippen LogP contribution is 2.39. The molecule has 1 heterocycles. The Balaban J connectivity index is 1.88. The lowest BCUT2D eigenvalue weighted by atomic mass is 9.82. The summed E-state index contributed by atoms with van der Waals surface area (Å²) >= 11 is 1.42. The summed E-state index contributed by atoms with van der Waals surface area (Å²) in [4.78, 5) is 37.8. The first-order chi connectivity index (χ1) is 12.5. The molecular formula is C19H23NO5S. The number of aliphatic carboxylic acids is 1. The molecule has 0 aliphatic heterocycles. The predicted octanol–water partition coefficient (Wildman–Crippen LogP) is 3.41. The number of hydrogen-bond acceptors (Lipinski definition) is 5. The molecule has 3 rings (SSSR count). The Morgan fingerprint density at radius 2 is 1.88 bits per heavy atom. The molecule has 0 spiro atoms. The van der Waals surface area contributed by atoms with E-state index in [4.69, 9.17) is 4.74 Å². The molecule has 140 valence electrons. The zero-order chi connectivity index (χ0) is 18.7. The molecule has 2 unspecified atom stereocenters. The Bertz CT molecular complexity index is 751. The van der Waals surface area contributed by atoms with E-state index in [0.29, 0.717) is 23.4 Å². The maximum absolute atomic E-state index is 12.8. The second-order valence-corrected chi connectivity index (χ2v) is 7.72. The Labute approximate surface area is 156 Å². The third-order valence-electron chi connectivity index (χ3n) is 4.97. The van der Waals surface area contributed by atoms with Crippen LogP contribution in [0.2, 0.25) is 0 Å². The number of fused-ring (bicyclic) bond motifs is 1. The number of carboxylic acid groups (broad SMARTS) is 1. The van der Waals surface area contributed by atoms with Gasteiger partial charge < -0.3 is 15.2 Å². The van der Waals surface area contributed by atoms with Gasteiger partial charge in [0, 0.05) is 4.88 Å². The fourth-order valence-corrected chi connectivity index (χ4v) is 4.93. The number of anilines is 1. The maximum Gasteiger partial charge on any atom is 0.341 e. The highest BCUT2D eigenvalue weighted by molar-refractivity contribution is 7.17. The quantitative estimate of drug-likeness (QED) is 0.606. The van der Waals surface area contributed by atoms with Crippen LogP contribution < -0.4 is 5.32 Å². The number of rotatable bonds is 5. The third-order valence-corrected chi connectivity index (χ3v) is 6.18. The van der Waals surface area contributed by atoms with Crippen LogP contribution in [0.1, 0.15) is 53.4 Å². The predicted molar refractivity (Wildman–Crippen MR) is 98.5 cm³/mol. The molecule has 0 fully saturated rings. The number of esters is 1. The summed E-state index contributed by atoms with van der Waals surface area (Å²) < 4.78 is 5.19. The summed E-state index contributed by atoms with van der Waals surface area (Å²) in [7, 11) is 0. The molecule has 6 nitrogen and oxygen atoms in total. The van der Waals surface area contributed by atoms with E-state index in [2.05, 4.69) is 5.32 Å². The number of amides is 1. The maximum atomic E-state index is 12.8. The van der Waals surface area contributed by atoms with Crippen LogP contribution in [-0.2, 0) is 27.2 Å². The van der Waals surface area contributed by atoms with Gasteiger partial charge in [-0.15, -0.1) is 11.3 Å². The average Bonchev–Trinajstić information content (AvgIpc) is 2.99. The molecule has 0 bridgehead atoms. The van der Waals surface area contributed by atoms with E-state index < -0.39 is 23.8 Å². The average molecular weight is 377 g/mol. The van der Waals surface area contributed by atoms with Gasteiger partial charge in [0.05, 0.1) is 24.0 Å². The fraction of sp³-hybridized carbons (Fsp3) is 0.526. The Kier molecular flexibility index (Phi) is 5.76. The molecule has 0 saturated heterocycles. The number of ether oxygens (including phenoxy) is 1. The first-order valence-electron chi connectivity index (χ1n) is 9.03. The Hall–Kier alpha value is -2.15. The SMILES string of the molecule is CCOC(=O)c1c(NC(=O)C2CC=CCC2C(=O)O)sc2c1CCCC2. The molecule has 7 heteroatoms. The van der Waals surface area contributed by atoms with Gasteiger partial charge in [-0.2, -0.15) is 0 Å². The molecule has 0 saturated carbocycles. The Morgan fingerprint density at radius 3 is 2.58 bits per heavy atom. The van der Waals surface area contributed by atoms with Crippen LogP contribution in [0.3, 0.4) is 0 Å². The van der Waals surface area contributed by atoms with E-state index in [1.165, 1.54) is 11.3 Å². The van der Waals surface area contributed by atoms with Crippen molar-refractivity contribution in [3.05, 3.63) is 28.2 Å².